The summed E-state index contributed by atoms with van der Waals surface area (Å²) in [5.41, 5.74) is 5.71. The van der Waals surface area contributed by atoms with Crippen molar-refractivity contribution in [3.05, 3.63) is 28.6 Å². The third kappa shape index (κ3) is 2.75. The SMILES string of the molecule is Nc1n[n+]([O-])c2ccc(OCC3CCNCC3)cc2[n+]1[O-]. The highest BCUT2D eigenvalue weighted by Crippen LogP contribution is 2.19. The van der Waals surface area contributed by atoms with Gasteiger partial charge in [-0.25, -0.2) is 4.73 Å². The number of piperidine rings is 1. The summed E-state index contributed by atoms with van der Waals surface area (Å²) in [6.07, 6.45) is 2.15. The van der Waals surface area contributed by atoms with E-state index < -0.39 is 0 Å². The first-order chi connectivity index (χ1) is 10.1. The summed E-state index contributed by atoms with van der Waals surface area (Å²) < 4.78 is 6.17. The minimum Gasteiger partial charge on any atom is -0.739 e. The summed E-state index contributed by atoms with van der Waals surface area (Å²) in [7, 11) is 0. The van der Waals surface area contributed by atoms with E-state index in [4.69, 9.17) is 10.5 Å². The van der Waals surface area contributed by atoms with Gasteiger partial charge in [0.15, 0.2) is 5.52 Å². The predicted molar refractivity (Wildman–Crippen MR) is 75.2 cm³/mol. The van der Waals surface area contributed by atoms with Gasteiger partial charge in [-0.05, 0) is 37.9 Å². The highest BCUT2D eigenvalue weighted by molar-refractivity contribution is 5.69. The van der Waals surface area contributed by atoms with E-state index in [0.717, 1.165) is 25.9 Å². The standard InChI is InChI=1S/C13H17N5O3/c14-13-16-18(20)11-2-1-10(7-12(11)17(13)19)21-8-9-3-5-15-6-4-9/h1-2,7,9,15H,3-6,8H2,(H2,14,16). The van der Waals surface area contributed by atoms with Crippen molar-refractivity contribution in [2.24, 2.45) is 5.92 Å². The number of ether oxygens (including phenoxy) is 1. The molecule has 0 spiro atoms. The Bertz CT molecular complexity index is 658. The number of nitrogen functional groups attached to an aromatic ring is 1. The zero-order chi connectivity index (χ0) is 14.8. The first-order valence-corrected chi connectivity index (χ1v) is 6.91. The molecule has 0 bridgehead atoms. The normalized spacial score (nSPS) is 16.2. The predicted octanol–water partition coefficient (Wildman–Crippen LogP) is -0.538. The molecule has 1 aliphatic rings. The van der Waals surface area contributed by atoms with Crippen molar-refractivity contribution >= 4 is 17.0 Å². The lowest BCUT2D eigenvalue weighted by molar-refractivity contribution is -0.672. The van der Waals surface area contributed by atoms with Crippen LogP contribution in [0.3, 0.4) is 0 Å². The van der Waals surface area contributed by atoms with Gasteiger partial charge < -0.3 is 20.5 Å². The van der Waals surface area contributed by atoms with Crippen LogP contribution in [0.15, 0.2) is 18.2 Å². The maximum absolute atomic E-state index is 11.9. The van der Waals surface area contributed by atoms with Gasteiger partial charge >= 0.3 is 5.95 Å². The number of aromatic nitrogens is 3. The highest BCUT2D eigenvalue weighted by atomic mass is 16.5. The van der Waals surface area contributed by atoms with E-state index in [-0.39, 0.29) is 17.0 Å². The first-order valence-electron chi connectivity index (χ1n) is 6.91. The molecular weight excluding hydrogens is 274 g/mol. The second-order valence-corrected chi connectivity index (χ2v) is 5.18. The first kappa shape index (κ1) is 13.6. The minimum atomic E-state index is -0.381. The molecule has 8 nitrogen and oxygen atoms in total. The lowest BCUT2D eigenvalue weighted by Crippen LogP contribution is -2.44. The van der Waals surface area contributed by atoms with Gasteiger partial charge in [-0.15, -0.1) is 0 Å². The molecule has 0 saturated carbocycles. The quantitative estimate of drug-likeness (QED) is 0.580. The van der Waals surface area contributed by atoms with E-state index in [0.29, 0.717) is 27.8 Å². The van der Waals surface area contributed by atoms with Crippen molar-refractivity contribution < 1.29 is 14.3 Å². The number of rotatable bonds is 3. The van der Waals surface area contributed by atoms with Gasteiger partial charge in [0, 0.05) is 17.0 Å². The molecule has 1 aliphatic heterocycles. The average molecular weight is 291 g/mol. The van der Waals surface area contributed by atoms with Gasteiger partial charge in [0.05, 0.1) is 6.61 Å². The van der Waals surface area contributed by atoms with Crippen LogP contribution < -0.4 is 25.4 Å². The van der Waals surface area contributed by atoms with Crippen LogP contribution in [-0.2, 0) is 0 Å². The number of anilines is 1. The van der Waals surface area contributed by atoms with Crippen molar-refractivity contribution in [3.63, 3.8) is 0 Å². The van der Waals surface area contributed by atoms with Gasteiger partial charge in [-0.1, -0.05) is 0 Å². The van der Waals surface area contributed by atoms with Crippen LogP contribution in [0.4, 0.5) is 5.95 Å². The van der Waals surface area contributed by atoms with Crippen LogP contribution in [0.1, 0.15) is 12.8 Å². The van der Waals surface area contributed by atoms with Crippen molar-refractivity contribution in [1.29, 1.82) is 0 Å². The third-order valence-electron chi connectivity index (χ3n) is 3.72. The third-order valence-corrected chi connectivity index (χ3v) is 3.72. The molecule has 1 saturated heterocycles. The molecule has 1 fully saturated rings. The summed E-state index contributed by atoms with van der Waals surface area (Å²) in [6.45, 7) is 2.61. The maximum Gasteiger partial charge on any atom is 0.458 e. The van der Waals surface area contributed by atoms with E-state index in [1.54, 1.807) is 6.07 Å². The molecule has 2 aromatic rings. The van der Waals surface area contributed by atoms with E-state index >= 15 is 0 Å². The Kier molecular flexibility index (Phi) is 3.61. The Balaban J connectivity index is 1.81. The van der Waals surface area contributed by atoms with Gasteiger partial charge in [-0.3, -0.25) is 5.73 Å². The molecule has 3 rings (SSSR count). The Labute approximate surface area is 121 Å². The number of nitrogens with two attached hydrogens (primary N) is 1. The Hall–Kier alpha value is -2.35. The van der Waals surface area contributed by atoms with Crippen molar-refractivity contribution in [3.8, 4) is 5.75 Å². The fourth-order valence-electron chi connectivity index (χ4n) is 2.49. The molecular formula is C13H17N5O3. The molecule has 0 aliphatic carbocycles. The summed E-state index contributed by atoms with van der Waals surface area (Å²) in [6, 6.07) is 4.70. The van der Waals surface area contributed by atoms with Crippen LogP contribution in [-0.4, -0.2) is 24.8 Å². The van der Waals surface area contributed by atoms with Crippen LogP contribution in [0.25, 0.3) is 11.0 Å². The molecule has 1 aromatic heterocycles. The fraction of sp³-hybridized carbons (Fsp3) is 0.462. The van der Waals surface area contributed by atoms with Crippen molar-refractivity contribution in [2.75, 3.05) is 25.4 Å². The molecule has 2 heterocycles. The Morgan fingerprint density at radius 3 is 2.81 bits per heavy atom. The molecule has 0 atom stereocenters. The number of benzene rings is 1. The topological polar surface area (TPSA) is 114 Å². The Morgan fingerprint density at radius 2 is 2.05 bits per heavy atom. The second kappa shape index (κ2) is 5.57. The van der Waals surface area contributed by atoms with E-state index in [2.05, 4.69) is 10.4 Å². The lowest BCUT2D eigenvalue weighted by Gasteiger charge is -2.22. The summed E-state index contributed by atoms with van der Waals surface area (Å²) in [4.78, 5) is 0.343. The maximum atomic E-state index is 11.9. The van der Waals surface area contributed by atoms with Crippen LogP contribution in [0, 0.1) is 16.3 Å². The molecule has 21 heavy (non-hydrogen) atoms. The molecule has 0 unspecified atom stereocenters. The number of hydrogen-bond donors (Lipinski definition) is 2. The minimum absolute atomic E-state index is 0.153. The molecule has 3 N–H and O–H groups in total. The van der Waals surface area contributed by atoms with Crippen molar-refractivity contribution in [2.45, 2.75) is 12.8 Å². The zero-order valence-electron chi connectivity index (χ0n) is 11.5. The second-order valence-electron chi connectivity index (χ2n) is 5.18. The summed E-state index contributed by atoms with van der Waals surface area (Å²) >= 11 is 0. The number of fused-ring (bicyclic) bond motifs is 1. The van der Waals surface area contributed by atoms with E-state index in [1.165, 1.54) is 12.1 Å². The van der Waals surface area contributed by atoms with Gasteiger partial charge in [0.1, 0.15) is 5.75 Å². The van der Waals surface area contributed by atoms with Gasteiger partial charge in [0.2, 0.25) is 5.10 Å². The number of hydrogen-bond acceptors (Lipinski definition) is 6. The number of nitrogens with zero attached hydrogens (tertiary/aromatic N) is 3. The smallest absolute Gasteiger partial charge is 0.458 e. The number of nitrogens with one attached hydrogen (secondary N) is 1. The van der Waals surface area contributed by atoms with E-state index in [1.807, 2.05) is 0 Å². The molecule has 0 radical (unpaired) electrons. The van der Waals surface area contributed by atoms with Crippen LogP contribution in [0.5, 0.6) is 5.75 Å². The summed E-state index contributed by atoms with van der Waals surface area (Å²) in [5, 5.41) is 30.1. The van der Waals surface area contributed by atoms with E-state index in [9.17, 15) is 10.4 Å². The zero-order valence-corrected chi connectivity index (χ0v) is 11.5. The lowest BCUT2D eigenvalue weighted by atomic mass is 9.99. The fourth-order valence-corrected chi connectivity index (χ4v) is 2.49. The summed E-state index contributed by atoms with van der Waals surface area (Å²) in [5.74, 6) is 0.678. The van der Waals surface area contributed by atoms with Crippen LogP contribution >= 0.6 is 0 Å². The Morgan fingerprint density at radius 1 is 1.29 bits per heavy atom. The highest BCUT2D eigenvalue weighted by Gasteiger charge is 2.18. The van der Waals surface area contributed by atoms with Gasteiger partial charge in [-0.2, -0.15) is 0 Å². The molecule has 0 amide bonds. The molecule has 1 aromatic carbocycles. The van der Waals surface area contributed by atoms with Gasteiger partial charge in [0.25, 0.3) is 5.52 Å². The average Bonchev–Trinajstić information content (AvgIpc) is 2.51. The monoisotopic (exact) mass is 291 g/mol. The van der Waals surface area contributed by atoms with Crippen molar-refractivity contribution in [1.82, 2.24) is 10.4 Å². The molecule has 112 valence electrons. The van der Waals surface area contributed by atoms with Crippen LogP contribution in [0.2, 0.25) is 0 Å². The largest absolute Gasteiger partial charge is 0.739 e. The molecule has 8 heteroatoms.